The quantitative estimate of drug-likeness (QED) is 0.616. The van der Waals surface area contributed by atoms with Crippen molar-refractivity contribution in [2.75, 3.05) is 0 Å². The molecule has 0 spiro atoms. The Morgan fingerprint density at radius 3 is 2.45 bits per heavy atom. The summed E-state index contributed by atoms with van der Waals surface area (Å²) in [4.78, 5) is 4.18. The Hall–Kier alpha value is -0.833. The van der Waals surface area contributed by atoms with Crippen LogP contribution in [0.4, 0.5) is 0 Å². The number of nitrogens with zero attached hydrogens (tertiary/aromatic N) is 2. The van der Waals surface area contributed by atoms with E-state index in [0.29, 0.717) is 0 Å². The van der Waals surface area contributed by atoms with Gasteiger partial charge in [0.15, 0.2) is 8.24 Å². The summed E-state index contributed by atoms with van der Waals surface area (Å²) < 4.78 is 2.21. The van der Waals surface area contributed by atoms with Gasteiger partial charge in [0, 0.05) is 6.20 Å². The first-order valence-corrected chi connectivity index (χ1v) is 7.15. The molecule has 1 heterocycles. The number of aromatic nitrogens is 2. The maximum atomic E-state index is 4.18. The highest BCUT2D eigenvalue weighted by Crippen LogP contribution is 2.07. The Labute approximate surface area is 68.7 Å². The molecular formula is C8H14N2Si. The van der Waals surface area contributed by atoms with Crippen molar-refractivity contribution >= 4 is 14.3 Å². The zero-order valence-corrected chi connectivity index (χ0v) is 8.33. The van der Waals surface area contributed by atoms with Crippen LogP contribution in [0.3, 0.4) is 0 Å². The molecule has 0 bridgehead atoms. The number of rotatable bonds is 2. The van der Waals surface area contributed by atoms with E-state index >= 15 is 0 Å². The summed E-state index contributed by atoms with van der Waals surface area (Å²) in [7, 11) is -1.22. The first kappa shape index (κ1) is 8.27. The third-order valence-electron chi connectivity index (χ3n) is 1.59. The lowest BCUT2D eigenvalue weighted by Crippen LogP contribution is -2.30. The van der Waals surface area contributed by atoms with Crippen molar-refractivity contribution in [1.29, 1.82) is 0 Å². The predicted molar refractivity (Wildman–Crippen MR) is 51.1 cm³/mol. The van der Waals surface area contributed by atoms with Crippen LogP contribution in [0.2, 0.25) is 19.6 Å². The number of imidazole rings is 1. The third kappa shape index (κ3) is 1.80. The fourth-order valence-electron chi connectivity index (χ4n) is 0.810. The Kier molecular flexibility index (Phi) is 2.00. The van der Waals surface area contributed by atoms with Crippen molar-refractivity contribution in [3.05, 3.63) is 24.8 Å². The summed E-state index contributed by atoms with van der Waals surface area (Å²) in [5.74, 6) is 0. The molecule has 1 rings (SSSR count). The molecular weight excluding hydrogens is 152 g/mol. The van der Waals surface area contributed by atoms with E-state index in [9.17, 15) is 0 Å². The molecule has 0 aliphatic rings. The standard InChI is InChI=1S/C8H14N2Si/c1-5-8-6-10(7-9-8)11(2,3)4/h5-7H,1H2,2-4H3. The molecule has 60 valence electrons. The maximum absolute atomic E-state index is 4.18. The fraction of sp³-hybridized carbons (Fsp3) is 0.375. The molecule has 0 saturated carbocycles. The minimum Gasteiger partial charge on any atom is -0.365 e. The van der Waals surface area contributed by atoms with Crippen LogP contribution in [-0.2, 0) is 0 Å². The molecule has 0 fully saturated rings. The minimum atomic E-state index is -1.22. The highest BCUT2D eigenvalue weighted by Gasteiger charge is 2.15. The van der Waals surface area contributed by atoms with E-state index in [4.69, 9.17) is 0 Å². The summed E-state index contributed by atoms with van der Waals surface area (Å²) in [6, 6.07) is 0. The van der Waals surface area contributed by atoms with Gasteiger partial charge in [-0.25, -0.2) is 4.98 Å². The molecule has 0 radical (unpaired) electrons. The first-order valence-electron chi connectivity index (χ1n) is 3.71. The van der Waals surface area contributed by atoms with E-state index in [-0.39, 0.29) is 0 Å². The second-order valence-electron chi connectivity index (χ2n) is 3.58. The largest absolute Gasteiger partial charge is 0.365 e. The fourth-order valence-corrected chi connectivity index (χ4v) is 1.73. The molecule has 0 aliphatic carbocycles. The lowest BCUT2D eigenvalue weighted by molar-refractivity contribution is 1.12. The van der Waals surface area contributed by atoms with Crippen LogP contribution in [0.15, 0.2) is 19.1 Å². The van der Waals surface area contributed by atoms with Gasteiger partial charge in [0.05, 0.1) is 12.0 Å². The van der Waals surface area contributed by atoms with Crippen LogP contribution in [0.5, 0.6) is 0 Å². The topological polar surface area (TPSA) is 17.8 Å². The number of hydrogen-bond acceptors (Lipinski definition) is 1. The average molecular weight is 166 g/mol. The van der Waals surface area contributed by atoms with E-state index in [1.165, 1.54) is 0 Å². The highest BCUT2D eigenvalue weighted by molar-refractivity contribution is 6.74. The van der Waals surface area contributed by atoms with E-state index < -0.39 is 8.24 Å². The number of hydrogen-bond donors (Lipinski definition) is 0. The summed E-state index contributed by atoms with van der Waals surface area (Å²) in [5, 5.41) is 0. The van der Waals surface area contributed by atoms with Crippen LogP contribution in [-0.4, -0.2) is 17.5 Å². The third-order valence-corrected chi connectivity index (χ3v) is 3.38. The molecule has 0 N–H and O–H groups in total. The SMILES string of the molecule is C=Cc1cn([Si](C)(C)C)cn1. The van der Waals surface area contributed by atoms with Gasteiger partial charge in [-0.1, -0.05) is 26.2 Å². The first-order chi connectivity index (χ1) is 5.04. The molecule has 11 heavy (non-hydrogen) atoms. The summed E-state index contributed by atoms with van der Waals surface area (Å²) in [5.41, 5.74) is 0.965. The van der Waals surface area contributed by atoms with Crippen molar-refractivity contribution in [3.63, 3.8) is 0 Å². The Morgan fingerprint density at radius 2 is 2.18 bits per heavy atom. The van der Waals surface area contributed by atoms with E-state index in [0.717, 1.165) is 5.69 Å². The van der Waals surface area contributed by atoms with Crippen LogP contribution >= 0.6 is 0 Å². The maximum Gasteiger partial charge on any atom is 0.154 e. The smallest absolute Gasteiger partial charge is 0.154 e. The predicted octanol–water partition coefficient (Wildman–Crippen LogP) is 2.21. The molecule has 0 aromatic carbocycles. The van der Waals surface area contributed by atoms with Gasteiger partial charge in [-0.15, -0.1) is 0 Å². The average Bonchev–Trinajstić information content (AvgIpc) is 2.32. The summed E-state index contributed by atoms with van der Waals surface area (Å²) >= 11 is 0. The van der Waals surface area contributed by atoms with Gasteiger partial charge in [0.1, 0.15) is 0 Å². The van der Waals surface area contributed by atoms with Gasteiger partial charge in [0.25, 0.3) is 0 Å². The van der Waals surface area contributed by atoms with Crippen molar-refractivity contribution in [3.8, 4) is 0 Å². The molecule has 0 atom stereocenters. The Balaban J connectivity index is 2.98. The van der Waals surface area contributed by atoms with Gasteiger partial charge in [-0.2, -0.15) is 0 Å². The Morgan fingerprint density at radius 1 is 1.55 bits per heavy atom. The van der Waals surface area contributed by atoms with Gasteiger partial charge in [-0.3, -0.25) is 0 Å². The van der Waals surface area contributed by atoms with Gasteiger partial charge in [-0.05, 0) is 6.08 Å². The van der Waals surface area contributed by atoms with Crippen LogP contribution < -0.4 is 0 Å². The lowest BCUT2D eigenvalue weighted by Gasteiger charge is -2.16. The van der Waals surface area contributed by atoms with Crippen LogP contribution in [0.1, 0.15) is 5.69 Å². The summed E-state index contributed by atoms with van der Waals surface area (Å²) in [6.07, 6.45) is 5.72. The normalized spacial score (nSPS) is 11.5. The second kappa shape index (κ2) is 2.66. The molecule has 3 heteroatoms. The van der Waals surface area contributed by atoms with Gasteiger partial charge >= 0.3 is 0 Å². The van der Waals surface area contributed by atoms with Crippen molar-refractivity contribution in [1.82, 2.24) is 9.22 Å². The van der Waals surface area contributed by atoms with E-state index in [1.54, 1.807) is 6.08 Å². The van der Waals surface area contributed by atoms with Gasteiger partial charge < -0.3 is 4.23 Å². The van der Waals surface area contributed by atoms with Gasteiger partial charge in [0.2, 0.25) is 0 Å². The zero-order valence-electron chi connectivity index (χ0n) is 7.33. The molecule has 1 aromatic rings. The second-order valence-corrected chi connectivity index (χ2v) is 8.44. The zero-order chi connectivity index (χ0) is 8.48. The molecule has 0 aliphatic heterocycles. The van der Waals surface area contributed by atoms with E-state index in [1.807, 2.05) is 6.33 Å². The Bertz CT molecular complexity index is 257. The minimum absolute atomic E-state index is 0.965. The summed E-state index contributed by atoms with van der Waals surface area (Å²) in [6.45, 7) is 10.5. The van der Waals surface area contributed by atoms with Crippen molar-refractivity contribution < 1.29 is 0 Å². The lowest BCUT2D eigenvalue weighted by atomic mass is 10.5. The molecule has 2 nitrogen and oxygen atoms in total. The van der Waals surface area contributed by atoms with Crippen molar-refractivity contribution in [2.24, 2.45) is 0 Å². The van der Waals surface area contributed by atoms with Crippen LogP contribution in [0.25, 0.3) is 6.08 Å². The highest BCUT2D eigenvalue weighted by atomic mass is 28.3. The molecule has 1 aromatic heterocycles. The molecule has 0 unspecified atom stereocenters. The van der Waals surface area contributed by atoms with E-state index in [2.05, 4.69) is 41.6 Å². The molecule has 0 amide bonds. The van der Waals surface area contributed by atoms with Crippen molar-refractivity contribution in [2.45, 2.75) is 19.6 Å². The van der Waals surface area contributed by atoms with Crippen LogP contribution in [0, 0.1) is 0 Å². The monoisotopic (exact) mass is 166 g/mol. The molecule has 0 saturated heterocycles.